The van der Waals surface area contributed by atoms with Crippen molar-refractivity contribution >= 4 is 68.8 Å². The monoisotopic (exact) mass is 464 g/mol. The van der Waals surface area contributed by atoms with Gasteiger partial charge >= 0.3 is 0 Å². The van der Waals surface area contributed by atoms with Crippen LogP contribution in [0.15, 0.2) is 43.0 Å². The lowest BCUT2D eigenvalue weighted by Gasteiger charge is -2.34. The van der Waals surface area contributed by atoms with Gasteiger partial charge in [-0.1, -0.05) is 40.9 Å². The molecule has 1 aliphatic rings. The van der Waals surface area contributed by atoms with E-state index in [1.54, 1.807) is 12.3 Å². The van der Waals surface area contributed by atoms with Crippen LogP contribution in [0.4, 0.5) is 17.3 Å². The average molecular weight is 466 g/mol. The molecule has 0 atom stereocenters. The molecular formula is C20H19Cl3N6O. The van der Waals surface area contributed by atoms with E-state index in [0.29, 0.717) is 18.1 Å². The Bertz CT molecular complexity index is 1050. The van der Waals surface area contributed by atoms with Gasteiger partial charge < -0.3 is 15.0 Å². The Kier molecular flexibility index (Phi) is 6.13. The van der Waals surface area contributed by atoms with E-state index in [0.717, 1.165) is 35.1 Å². The van der Waals surface area contributed by atoms with E-state index < -0.39 is 3.79 Å². The molecule has 2 aromatic heterocycles. The topological polar surface area (TPSA) is 87.0 Å². The number of nitrogens with zero attached hydrogens (tertiary/aromatic N) is 4. The molecule has 0 radical (unpaired) electrons. The van der Waals surface area contributed by atoms with E-state index >= 15 is 0 Å². The first-order valence-corrected chi connectivity index (χ1v) is 10.5. The minimum Gasteiger partial charge on any atom is -0.478 e. The normalized spacial score (nSPS) is 13.8. The van der Waals surface area contributed by atoms with Crippen molar-refractivity contribution in [2.45, 2.75) is 16.6 Å². The smallest absolute Gasteiger partial charge is 0.265 e. The highest BCUT2D eigenvalue weighted by atomic mass is 35.6. The molecule has 0 amide bonds. The van der Waals surface area contributed by atoms with Crippen molar-refractivity contribution in [1.82, 2.24) is 15.0 Å². The SMILES string of the molecule is N=C(OCCc1ccc(N2CCC2)c2cnc(Nc3ccncn3)cc12)C(Cl)(Cl)Cl. The first-order valence-electron chi connectivity index (χ1n) is 9.40. The summed E-state index contributed by atoms with van der Waals surface area (Å²) in [7, 11) is 0. The average Bonchev–Trinajstić information content (AvgIpc) is 2.68. The molecule has 1 aromatic carbocycles. The van der Waals surface area contributed by atoms with Crippen LogP contribution in [0.25, 0.3) is 10.8 Å². The van der Waals surface area contributed by atoms with Gasteiger partial charge in [0.1, 0.15) is 18.0 Å². The van der Waals surface area contributed by atoms with Crippen LogP contribution in [0.2, 0.25) is 0 Å². The predicted octanol–water partition coefficient (Wildman–Crippen LogP) is 4.89. The van der Waals surface area contributed by atoms with E-state index in [9.17, 15) is 0 Å². The molecule has 0 saturated carbocycles. The van der Waals surface area contributed by atoms with Crippen LogP contribution in [0.5, 0.6) is 0 Å². The number of nitrogens with one attached hydrogen (secondary N) is 2. The van der Waals surface area contributed by atoms with Crippen molar-refractivity contribution in [3.05, 3.63) is 48.5 Å². The standard InChI is InChI=1S/C20H19Cl3N6O/c21-20(22,23)19(24)30-9-5-13-2-3-16(29-7-1-8-29)15-11-26-18(10-14(13)15)28-17-4-6-25-12-27-17/h2-4,6,10-12,24H,1,5,7-9H2,(H,25,26,27,28). The van der Waals surface area contributed by atoms with Crippen LogP contribution in [0, 0.1) is 5.41 Å². The maximum Gasteiger partial charge on any atom is 0.265 e. The summed E-state index contributed by atoms with van der Waals surface area (Å²) in [6.45, 7) is 2.31. The zero-order chi connectivity index (χ0) is 21.1. The van der Waals surface area contributed by atoms with Crippen molar-refractivity contribution in [3.8, 4) is 0 Å². The fraction of sp³-hybridized carbons (Fsp3) is 0.300. The molecule has 3 aromatic rings. The Labute approximate surface area is 188 Å². The van der Waals surface area contributed by atoms with Gasteiger partial charge in [0.05, 0.1) is 6.61 Å². The lowest BCUT2D eigenvalue weighted by Crippen LogP contribution is -2.37. The summed E-state index contributed by atoms with van der Waals surface area (Å²) >= 11 is 17.1. The van der Waals surface area contributed by atoms with Gasteiger partial charge in [0.25, 0.3) is 3.79 Å². The molecular weight excluding hydrogens is 447 g/mol. The van der Waals surface area contributed by atoms with Crippen LogP contribution in [0.1, 0.15) is 12.0 Å². The molecule has 7 nitrogen and oxygen atoms in total. The minimum atomic E-state index is -1.86. The summed E-state index contributed by atoms with van der Waals surface area (Å²) < 4.78 is 3.46. The number of benzene rings is 1. The third-order valence-electron chi connectivity index (χ3n) is 4.88. The molecule has 0 aliphatic carbocycles. The zero-order valence-electron chi connectivity index (χ0n) is 15.9. The van der Waals surface area contributed by atoms with Crippen molar-refractivity contribution in [2.75, 3.05) is 29.9 Å². The highest BCUT2D eigenvalue weighted by Crippen LogP contribution is 2.34. The summed E-state index contributed by atoms with van der Waals surface area (Å²) in [5, 5.41) is 13.0. The van der Waals surface area contributed by atoms with Crippen LogP contribution >= 0.6 is 34.8 Å². The highest BCUT2D eigenvalue weighted by Gasteiger charge is 2.28. The number of anilines is 3. The van der Waals surface area contributed by atoms with Gasteiger partial charge in [-0.05, 0) is 35.6 Å². The second kappa shape index (κ2) is 8.79. The van der Waals surface area contributed by atoms with E-state index in [4.69, 9.17) is 44.9 Å². The number of alkyl halides is 3. The first-order chi connectivity index (χ1) is 14.4. The molecule has 156 valence electrons. The molecule has 3 heterocycles. The lowest BCUT2D eigenvalue weighted by atomic mass is 10.0. The molecule has 1 aliphatic heterocycles. The Balaban J connectivity index is 1.62. The summed E-state index contributed by atoms with van der Waals surface area (Å²) in [5.74, 6) is 0.955. The number of rotatable bonds is 6. The second-order valence-corrected chi connectivity index (χ2v) is 9.13. The quantitative estimate of drug-likeness (QED) is 0.306. The first kappa shape index (κ1) is 20.9. The molecule has 4 rings (SSSR count). The lowest BCUT2D eigenvalue weighted by molar-refractivity contribution is 0.300. The number of pyridine rings is 1. The summed E-state index contributed by atoms with van der Waals surface area (Å²) in [6, 6.07) is 7.96. The molecule has 1 saturated heterocycles. The summed E-state index contributed by atoms with van der Waals surface area (Å²) in [5.41, 5.74) is 2.22. The van der Waals surface area contributed by atoms with Gasteiger partial charge in [-0.25, -0.2) is 15.0 Å². The Morgan fingerprint density at radius 1 is 1.13 bits per heavy atom. The van der Waals surface area contributed by atoms with E-state index in [2.05, 4.69) is 37.3 Å². The Hall–Kier alpha value is -2.35. The number of ether oxygens (including phenoxy) is 1. The maximum atomic E-state index is 7.69. The van der Waals surface area contributed by atoms with E-state index in [1.807, 2.05) is 12.3 Å². The molecule has 1 fully saturated rings. The number of hydrogen-bond acceptors (Lipinski definition) is 7. The second-order valence-electron chi connectivity index (χ2n) is 6.84. The Morgan fingerprint density at radius 2 is 1.97 bits per heavy atom. The third kappa shape index (κ3) is 4.69. The largest absolute Gasteiger partial charge is 0.478 e. The maximum absolute atomic E-state index is 7.69. The third-order valence-corrected chi connectivity index (χ3v) is 5.39. The van der Waals surface area contributed by atoms with Gasteiger partial charge in [0, 0.05) is 43.0 Å². The Morgan fingerprint density at radius 3 is 2.63 bits per heavy atom. The fourth-order valence-electron chi connectivity index (χ4n) is 3.24. The number of halogens is 3. The number of hydrogen-bond donors (Lipinski definition) is 2. The fourth-order valence-corrected chi connectivity index (χ4v) is 3.41. The molecule has 0 unspecified atom stereocenters. The van der Waals surface area contributed by atoms with Gasteiger partial charge in [0.2, 0.25) is 5.90 Å². The van der Waals surface area contributed by atoms with Gasteiger partial charge in [-0.3, -0.25) is 5.41 Å². The van der Waals surface area contributed by atoms with Gasteiger partial charge in [-0.15, -0.1) is 0 Å². The van der Waals surface area contributed by atoms with Crippen molar-refractivity contribution in [3.63, 3.8) is 0 Å². The van der Waals surface area contributed by atoms with Gasteiger partial charge in [-0.2, -0.15) is 0 Å². The van der Waals surface area contributed by atoms with Crippen molar-refractivity contribution in [1.29, 1.82) is 5.41 Å². The molecule has 30 heavy (non-hydrogen) atoms. The van der Waals surface area contributed by atoms with Gasteiger partial charge in [0.15, 0.2) is 0 Å². The molecule has 2 N–H and O–H groups in total. The number of aromatic nitrogens is 3. The van der Waals surface area contributed by atoms with Crippen LogP contribution in [0.3, 0.4) is 0 Å². The van der Waals surface area contributed by atoms with Crippen molar-refractivity contribution in [2.24, 2.45) is 0 Å². The summed E-state index contributed by atoms with van der Waals surface area (Å²) in [4.78, 5) is 15.0. The van der Waals surface area contributed by atoms with E-state index in [-0.39, 0.29) is 12.5 Å². The zero-order valence-corrected chi connectivity index (χ0v) is 18.2. The summed E-state index contributed by atoms with van der Waals surface area (Å²) in [6.07, 6.45) is 6.77. The van der Waals surface area contributed by atoms with Crippen LogP contribution in [-0.4, -0.2) is 44.3 Å². The number of fused-ring (bicyclic) bond motifs is 1. The molecule has 0 bridgehead atoms. The molecule has 0 spiro atoms. The van der Waals surface area contributed by atoms with Crippen LogP contribution in [-0.2, 0) is 11.2 Å². The van der Waals surface area contributed by atoms with E-state index in [1.165, 1.54) is 12.7 Å². The van der Waals surface area contributed by atoms with Crippen molar-refractivity contribution < 1.29 is 4.74 Å². The minimum absolute atomic E-state index is 0.224. The highest BCUT2D eigenvalue weighted by molar-refractivity contribution is 6.76. The van der Waals surface area contributed by atoms with Crippen LogP contribution < -0.4 is 10.2 Å². The predicted molar refractivity (Wildman–Crippen MR) is 122 cm³/mol. The molecule has 10 heteroatoms.